The van der Waals surface area contributed by atoms with Crippen molar-refractivity contribution in [2.75, 3.05) is 18.8 Å². The van der Waals surface area contributed by atoms with Crippen LogP contribution < -0.4 is 5.73 Å². The molecule has 4 rings (SSSR count). The molecule has 8 heteroatoms. The molecular weight excluding hydrogens is 370 g/mol. The van der Waals surface area contributed by atoms with Gasteiger partial charge in [0.1, 0.15) is 11.6 Å². The molecule has 0 radical (unpaired) electrons. The smallest absolute Gasteiger partial charge is 0.223 e. The van der Waals surface area contributed by atoms with Gasteiger partial charge in [-0.3, -0.25) is 9.59 Å². The van der Waals surface area contributed by atoms with Crippen molar-refractivity contribution in [2.45, 2.75) is 25.7 Å². The number of amides is 1. The number of ketones is 1. The molecule has 0 aliphatic carbocycles. The number of Topliss-reactive ketones (excluding diaryl/α,β-unsaturated/α-hetero) is 1. The van der Waals surface area contributed by atoms with Crippen LogP contribution in [0.2, 0.25) is 0 Å². The topological polar surface area (TPSA) is 107 Å². The first-order valence-corrected chi connectivity index (χ1v) is 9.74. The van der Waals surface area contributed by atoms with Gasteiger partial charge in [-0.25, -0.2) is 4.68 Å². The van der Waals surface area contributed by atoms with Crippen molar-refractivity contribution >= 4 is 17.5 Å². The van der Waals surface area contributed by atoms with Crippen LogP contribution in [0, 0.1) is 5.92 Å². The molecule has 0 unspecified atom stereocenters. The maximum atomic E-state index is 13.1. The molecule has 1 saturated heterocycles. The number of nitrogen functional groups attached to an aromatic ring is 1. The van der Waals surface area contributed by atoms with Crippen molar-refractivity contribution in [1.82, 2.24) is 19.8 Å². The van der Waals surface area contributed by atoms with E-state index in [-0.39, 0.29) is 17.6 Å². The fourth-order valence-electron chi connectivity index (χ4n) is 3.72. The van der Waals surface area contributed by atoms with E-state index in [1.54, 1.807) is 21.8 Å². The van der Waals surface area contributed by atoms with Gasteiger partial charge in [0, 0.05) is 37.9 Å². The van der Waals surface area contributed by atoms with Gasteiger partial charge in [0.05, 0.1) is 23.6 Å². The van der Waals surface area contributed by atoms with Gasteiger partial charge < -0.3 is 15.2 Å². The minimum absolute atomic E-state index is 0.0202. The largest absolute Gasteiger partial charge is 0.383 e. The number of likely N-dealkylation sites (tertiary alicyclic amines) is 1. The van der Waals surface area contributed by atoms with Gasteiger partial charge in [0.15, 0.2) is 5.78 Å². The highest BCUT2D eigenvalue weighted by Crippen LogP contribution is 2.25. The Hall–Kier alpha value is -3.42. The van der Waals surface area contributed by atoms with Crippen molar-refractivity contribution in [2.24, 2.45) is 5.92 Å². The fraction of sp³-hybridized carbons (Fsp3) is 0.333. The summed E-state index contributed by atoms with van der Waals surface area (Å²) in [6.45, 7) is 1.07. The second-order valence-corrected chi connectivity index (χ2v) is 7.21. The van der Waals surface area contributed by atoms with Crippen LogP contribution in [0.1, 0.15) is 35.4 Å². The number of carbonyl (C=O) groups excluding carboxylic acids is 2. The summed E-state index contributed by atoms with van der Waals surface area (Å²) in [5, 5.41) is 7.94. The lowest BCUT2D eigenvalue weighted by atomic mass is 9.90. The zero-order valence-electron chi connectivity index (χ0n) is 16.0. The highest BCUT2D eigenvalue weighted by atomic mass is 16.5. The molecular formula is C21H23N5O3. The van der Waals surface area contributed by atoms with E-state index in [2.05, 4.69) is 10.3 Å². The number of hydrogen-bond donors (Lipinski definition) is 1. The van der Waals surface area contributed by atoms with E-state index in [0.29, 0.717) is 43.1 Å². The van der Waals surface area contributed by atoms with Crippen LogP contribution >= 0.6 is 0 Å². The number of nitrogens with two attached hydrogens (primary N) is 1. The highest BCUT2D eigenvalue weighted by molar-refractivity contribution is 6.02. The Labute approximate surface area is 168 Å². The van der Waals surface area contributed by atoms with Crippen molar-refractivity contribution in [3.8, 4) is 5.69 Å². The SMILES string of the molecule is Nc1c(C(=O)[C@@H]2CCCN(C(=O)CCc3ccno3)C2)cnn1-c1ccccc1. The first kappa shape index (κ1) is 18.9. The highest BCUT2D eigenvalue weighted by Gasteiger charge is 2.31. The summed E-state index contributed by atoms with van der Waals surface area (Å²) in [6, 6.07) is 11.2. The van der Waals surface area contributed by atoms with Crippen LogP contribution in [0.25, 0.3) is 5.69 Å². The Morgan fingerprint density at radius 1 is 1.21 bits per heavy atom. The molecule has 0 saturated carbocycles. The zero-order valence-corrected chi connectivity index (χ0v) is 16.0. The maximum Gasteiger partial charge on any atom is 0.223 e. The van der Waals surface area contributed by atoms with E-state index in [1.807, 2.05) is 30.3 Å². The van der Waals surface area contributed by atoms with Gasteiger partial charge in [0.25, 0.3) is 0 Å². The lowest BCUT2D eigenvalue weighted by Crippen LogP contribution is -2.42. The predicted molar refractivity (Wildman–Crippen MR) is 106 cm³/mol. The first-order valence-electron chi connectivity index (χ1n) is 9.74. The van der Waals surface area contributed by atoms with E-state index in [1.165, 1.54) is 6.20 Å². The lowest BCUT2D eigenvalue weighted by Gasteiger charge is -2.32. The van der Waals surface area contributed by atoms with Crippen molar-refractivity contribution in [3.05, 3.63) is 60.1 Å². The van der Waals surface area contributed by atoms with Crippen molar-refractivity contribution in [1.29, 1.82) is 0 Å². The third-order valence-corrected chi connectivity index (χ3v) is 5.29. The molecule has 1 aliphatic rings. The normalized spacial score (nSPS) is 16.7. The molecule has 29 heavy (non-hydrogen) atoms. The summed E-state index contributed by atoms with van der Waals surface area (Å²) in [7, 11) is 0. The number of aromatic nitrogens is 3. The van der Waals surface area contributed by atoms with Gasteiger partial charge in [-0.1, -0.05) is 23.4 Å². The lowest BCUT2D eigenvalue weighted by molar-refractivity contribution is -0.132. The summed E-state index contributed by atoms with van der Waals surface area (Å²) in [6.07, 6.45) is 5.46. The van der Waals surface area contributed by atoms with E-state index in [4.69, 9.17) is 10.3 Å². The summed E-state index contributed by atoms with van der Waals surface area (Å²) in [5.41, 5.74) is 7.44. The molecule has 150 valence electrons. The van der Waals surface area contributed by atoms with E-state index in [0.717, 1.165) is 18.5 Å². The molecule has 3 aromatic rings. The van der Waals surface area contributed by atoms with Crippen LogP contribution in [-0.2, 0) is 11.2 Å². The molecule has 1 atom stereocenters. The number of rotatable bonds is 6. The van der Waals surface area contributed by atoms with E-state index in [9.17, 15) is 9.59 Å². The Kier molecular flexibility index (Phi) is 5.41. The van der Waals surface area contributed by atoms with Crippen LogP contribution in [0.3, 0.4) is 0 Å². The number of para-hydroxylation sites is 1. The third kappa shape index (κ3) is 4.06. The van der Waals surface area contributed by atoms with Gasteiger partial charge in [0.2, 0.25) is 5.91 Å². The van der Waals surface area contributed by atoms with E-state index < -0.39 is 0 Å². The molecule has 0 spiro atoms. The molecule has 3 heterocycles. The van der Waals surface area contributed by atoms with Crippen LogP contribution in [0.15, 0.2) is 53.3 Å². The first-order chi connectivity index (χ1) is 14.1. The maximum absolute atomic E-state index is 13.1. The van der Waals surface area contributed by atoms with Gasteiger partial charge in [-0.15, -0.1) is 0 Å². The Morgan fingerprint density at radius 3 is 2.79 bits per heavy atom. The minimum Gasteiger partial charge on any atom is -0.383 e. The number of benzene rings is 1. The summed E-state index contributed by atoms with van der Waals surface area (Å²) in [5.74, 6) is 0.706. The average molecular weight is 393 g/mol. The quantitative estimate of drug-likeness (QED) is 0.645. The predicted octanol–water partition coefficient (Wildman–Crippen LogP) is 2.50. The Morgan fingerprint density at radius 2 is 2.03 bits per heavy atom. The van der Waals surface area contributed by atoms with Crippen LogP contribution in [0.4, 0.5) is 5.82 Å². The molecule has 0 bridgehead atoms. The molecule has 2 aromatic heterocycles. The Bertz CT molecular complexity index is 981. The van der Waals surface area contributed by atoms with Crippen LogP contribution in [0.5, 0.6) is 0 Å². The number of piperidine rings is 1. The standard InChI is InChI=1S/C21H23N5O3/c22-21-18(13-23-26(21)16-6-2-1-3-7-16)20(28)15-5-4-12-25(14-15)19(27)9-8-17-10-11-24-29-17/h1-3,6-7,10-11,13,15H,4-5,8-9,12,14,22H2/t15-/m1/s1. The van der Waals surface area contributed by atoms with Crippen LogP contribution in [-0.4, -0.2) is 44.6 Å². The number of aryl methyl sites for hydroxylation is 1. The third-order valence-electron chi connectivity index (χ3n) is 5.29. The number of carbonyl (C=O) groups is 2. The Balaban J connectivity index is 1.42. The summed E-state index contributed by atoms with van der Waals surface area (Å²) < 4.78 is 6.61. The monoisotopic (exact) mass is 393 g/mol. The fourth-order valence-corrected chi connectivity index (χ4v) is 3.72. The van der Waals surface area contributed by atoms with E-state index >= 15 is 0 Å². The second kappa shape index (κ2) is 8.30. The van der Waals surface area contributed by atoms with Gasteiger partial charge in [-0.2, -0.15) is 5.10 Å². The number of anilines is 1. The molecule has 1 fully saturated rings. The minimum atomic E-state index is -0.270. The molecule has 1 aromatic carbocycles. The zero-order chi connectivity index (χ0) is 20.2. The summed E-state index contributed by atoms with van der Waals surface area (Å²) in [4.78, 5) is 27.4. The van der Waals surface area contributed by atoms with Crippen molar-refractivity contribution < 1.29 is 14.1 Å². The van der Waals surface area contributed by atoms with Gasteiger partial charge >= 0.3 is 0 Å². The molecule has 8 nitrogen and oxygen atoms in total. The molecule has 2 N–H and O–H groups in total. The second-order valence-electron chi connectivity index (χ2n) is 7.21. The van der Waals surface area contributed by atoms with Crippen molar-refractivity contribution in [3.63, 3.8) is 0 Å². The molecule has 1 aliphatic heterocycles. The number of hydrogen-bond acceptors (Lipinski definition) is 6. The summed E-state index contributed by atoms with van der Waals surface area (Å²) >= 11 is 0. The van der Waals surface area contributed by atoms with Gasteiger partial charge in [-0.05, 0) is 25.0 Å². The molecule has 1 amide bonds. The average Bonchev–Trinajstić information content (AvgIpc) is 3.42. The number of nitrogens with zero attached hydrogens (tertiary/aromatic N) is 4.